The molecular weight excluding hydrogens is 500 g/mol. The quantitative estimate of drug-likeness (QED) is 0.319. The fourth-order valence-electron chi connectivity index (χ4n) is 6.91. The van der Waals surface area contributed by atoms with E-state index in [0.29, 0.717) is 24.6 Å². The Hall–Kier alpha value is -4.10. The van der Waals surface area contributed by atoms with E-state index in [-0.39, 0.29) is 11.1 Å². The summed E-state index contributed by atoms with van der Waals surface area (Å²) in [4.78, 5) is 31.8. The average Bonchev–Trinajstić information content (AvgIpc) is 3.43. The Morgan fingerprint density at radius 3 is 2.50 bits per heavy atom. The summed E-state index contributed by atoms with van der Waals surface area (Å²) in [5.41, 5.74) is 5.63. The molecule has 6 rings (SSSR count). The van der Waals surface area contributed by atoms with Gasteiger partial charge in [0, 0.05) is 36.7 Å². The first kappa shape index (κ1) is 26.1. The highest BCUT2D eigenvalue weighted by Gasteiger charge is 2.51. The molecule has 2 aliphatic heterocycles. The molecular formula is C33H36N4O3. The zero-order chi connectivity index (χ0) is 27.7. The second-order valence-electron chi connectivity index (χ2n) is 11.2. The number of nitrogens with one attached hydrogen (secondary N) is 1. The molecule has 3 heterocycles. The number of likely N-dealkylation sites (tertiary alicyclic amines) is 2. The van der Waals surface area contributed by atoms with Crippen molar-refractivity contribution in [1.29, 1.82) is 0 Å². The number of hydrogen-bond acceptors (Lipinski definition) is 4. The zero-order valence-corrected chi connectivity index (χ0v) is 22.8. The molecule has 0 radical (unpaired) electrons. The van der Waals surface area contributed by atoms with Crippen molar-refractivity contribution >= 4 is 17.0 Å². The van der Waals surface area contributed by atoms with Crippen LogP contribution in [0.25, 0.3) is 11.0 Å². The maximum Gasteiger partial charge on any atom is 0.335 e. The van der Waals surface area contributed by atoms with Crippen molar-refractivity contribution in [2.75, 3.05) is 26.2 Å². The van der Waals surface area contributed by atoms with Crippen LogP contribution in [0.4, 0.5) is 0 Å². The number of nitrogens with zero attached hydrogens (tertiary/aromatic N) is 3. The number of fused-ring (bicyclic) bond motifs is 1. The molecule has 3 aromatic carbocycles. The van der Waals surface area contributed by atoms with Crippen molar-refractivity contribution < 1.29 is 9.90 Å². The summed E-state index contributed by atoms with van der Waals surface area (Å²) >= 11 is 0. The smallest absolute Gasteiger partial charge is 0.335 e. The van der Waals surface area contributed by atoms with Gasteiger partial charge in [0.2, 0.25) is 0 Å². The van der Waals surface area contributed by atoms with Gasteiger partial charge in [-0.3, -0.25) is 4.57 Å². The number of piperidine rings is 1. The first-order chi connectivity index (χ1) is 19.4. The molecule has 4 aromatic rings. The van der Waals surface area contributed by atoms with Gasteiger partial charge in [-0.15, -0.1) is 0 Å². The number of imidazole rings is 1. The third-order valence-electron chi connectivity index (χ3n) is 9.06. The SMILES string of the molecule is C=C1N(Cc2cccc(C(=O)O)c2)CC(c2ccccc2)C12CCN(CCCn1c(=O)[nH]c3ccccc31)CC2. The second-order valence-corrected chi connectivity index (χ2v) is 11.2. The monoisotopic (exact) mass is 536 g/mol. The number of benzene rings is 3. The van der Waals surface area contributed by atoms with E-state index in [2.05, 4.69) is 51.7 Å². The van der Waals surface area contributed by atoms with Crippen LogP contribution in [-0.4, -0.2) is 56.6 Å². The Morgan fingerprint density at radius 2 is 1.73 bits per heavy atom. The fourth-order valence-corrected chi connectivity index (χ4v) is 6.91. The summed E-state index contributed by atoms with van der Waals surface area (Å²) in [6, 6.07) is 25.9. The van der Waals surface area contributed by atoms with Crippen LogP contribution in [0.1, 0.15) is 46.7 Å². The number of aryl methyl sites for hydroxylation is 1. The zero-order valence-electron chi connectivity index (χ0n) is 22.8. The van der Waals surface area contributed by atoms with Crippen molar-refractivity contribution in [2.45, 2.75) is 38.3 Å². The van der Waals surface area contributed by atoms with Crippen LogP contribution in [0.2, 0.25) is 0 Å². The molecule has 7 nitrogen and oxygen atoms in total. The number of rotatable bonds is 8. The molecule has 206 valence electrons. The number of allylic oxidation sites excluding steroid dienone is 1. The predicted octanol–water partition coefficient (Wildman–Crippen LogP) is 5.31. The molecule has 0 amide bonds. The van der Waals surface area contributed by atoms with E-state index < -0.39 is 5.97 Å². The van der Waals surface area contributed by atoms with Gasteiger partial charge in [0.25, 0.3) is 0 Å². The highest BCUT2D eigenvalue weighted by Crippen LogP contribution is 2.55. The Balaban J connectivity index is 1.15. The molecule has 2 saturated heterocycles. The van der Waals surface area contributed by atoms with Gasteiger partial charge in [-0.1, -0.05) is 61.2 Å². The van der Waals surface area contributed by atoms with Gasteiger partial charge in [0.1, 0.15) is 0 Å². The lowest BCUT2D eigenvalue weighted by Crippen LogP contribution is -2.43. The van der Waals surface area contributed by atoms with Crippen LogP contribution in [-0.2, 0) is 13.1 Å². The average molecular weight is 537 g/mol. The highest BCUT2D eigenvalue weighted by molar-refractivity contribution is 5.87. The van der Waals surface area contributed by atoms with Gasteiger partial charge in [0.05, 0.1) is 16.6 Å². The minimum atomic E-state index is -0.900. The molecule has 2 aliphatic rings. The number of para-hydroxylation sites is 2. The molecule has 2 fully saturated rings. The van der Waals surface area contributed by atoms with Crippen LogP contribution in [0, 0.1) is 5.41 Å². The Kier molecular flexibility index (Phi) is 7.07. The Morgan fingerprint density at radius 1 is 0.975 bits per heavy atom. The van der Waals surface area contributed by atoms with Gasteiger partial charge in [0.15, 0.2) is 0 Å². The normalized spacial score (nSPS) is 19.1. The summed E-state index contributed by atoms with van der Waals surface area (Å²) in [5, 5.41) is 9.46. The van der Waals surface area contributed by atoms with Gasteiger partial charge < -0.3 is 19.9 Å². The molecule has 2 N–H and O–H groups in total. The van der Waals surface area contributed by atoms with Gasteiger partial charge in [-0.2, -0.15) is 0 Å². The van der Waals surface area contributed by atoms with Crippen molar-refractivity contribution in [3.05, 3.63) is 118 Å². The van der Waals surface area contributed by atoms with Gasteiger partial charge in [-0.25, -0.2) is 9.59 Å². The van der Waals surface area contributed by atoms with Crippen LogP contribution in [0.3, 0.4) is 0 Å². The number of carboxylic acids is 1. The van der Waals surface area contributed by atoms with Gasteiger partial charge in [-0.05, 0) is 74.3 Å². The molecule has 1 atom stereocenters. The molecule has 1 spiro atoms. The standard InChI is InChI=1S/C33H36N4O3/c1-24-33(15-19-35(20-16-33)17-8-18-37-30-14-6-5-13-29(30)34-32(37)40)28(26-10-3-2-4-11-26)23-36(24)22-25-9-7-12-27(21-25)31(38)39/h2-7,9-14,21,28H,1,8,15-20,22-23H2,(H,34,40)(H,38,39). The third kappa shape index (κ3) is 4.86. The van der Waals surface area contributed by atoms with Gasteiger partial charge >= 0.3 is 11.7 Å². The molecule has 0 saturated carbocycles. The molecule has 1 aromatic heterocycles. The Labute approximate surface area is 234 Å². The summed E-state index contributed by atoms with van der Waals surface area (Å²) in [7, 11) is 0. The first-order valence-corrected chi connectivity index (χ1v) is 14.2. The summed E-state index contributed by atoms with van der Waals surface area (Å²) in [6.07, 6.45) is 2.98. The van der Waals surface area contributed by atoms with E-state index in [1.807, 2.05) is 41.0 Å². The second kappa shape index (κ2) is 10.8. The van der Waals surface area contributed by atoms with Crippen LogP contribution in [0.5, 0.6) is 0 Å². The lowest BCUT2D eigenvalue weighted by atomic mass is 9.67. The van der Waals surface area contributed by atoms with Crippen molar-refractivity contribution in [3.63, 3.8) is 0 Å². The largest absolute Gasteiger partial charge is 0.478 e. The summed E-state index contributed by atoms with van der Waals surface area (Å²) < 4.78 is 1.85. The number of hydrogen-bond donors (Lipinski definition) is 2. The lowest BCUT2D eigenvalue weighted by Gasteiger charge is -2.43. The summed E-state index contributed by atoms with van der Waals surface area (Å²) in [6.45, 7) is 9.83. The topological polar surface area (TPSA) is 81.6 Å². The number of H-pyrrole nitrogens is 1. The number of aromatic nitrogens is 2. The number of aromatic amines is 1. The highest BCUT2D eigenvalue weighted by atomic mass is 16.4. The molecule has 7 heteroatoms. The number of carboxylic acid groups (broad SMARTS) is 1. The maximum absolute atomic E-state index is 12.5. The van der Waals surface area contributed by atoms with E-state index >= 15 is 0 Å². The van der Waals surface area contributed by atoms with E-state index in [0.717, 1.165) is 62.0 Å². The first-order valence-electron chi connectivity index (χ1n) is 14.2. The van der Waals surface area contributed by atoms with E-state index in [9.17, 15) is 14.7 Å². The lowest BCUT2D eigenvalue weighted by molar-refractivity contribution is 0.0696. The maximum atomic E-state index is 12.5. The Bertz CT molecular complexity index is 1580. The predicted molar refractivity (Wildman–Crippen MR) is 157 cm³/mol. The van der Waals surface area contributed by atoms with E-state index in [1.165, 1.54) is 11.3 Å². The van der Waals surface area contributed by atoms with E-state index in [1.54, 1.807) is 12.1 Å². The third-order valence-corrected chi connectivity index (χ3v) is 9.06. The molecule has 0 aliphatic carbocycles. The molecule has 40 heavy (non-hydrogen) atoms. The van der Waals surface area contributed by atoms with Crippen molar-refractivity contribution in [1.82, 2.24) is 19.4 Å². The number of aromatic carboxylic acids is 1. The fraction of sp³-hybridized carbons (Fsp3) is 0.333. The van der Waals surface area contributed by atoms with Crippen LogP contribution >= 0.6 is 0 Å². The minimum absolute atomic E-state index is 0.0178. The molecule has 1 unspecified atom stereocenters. The van der Waals surface area contributed by atoms with E-state index in [4.69, 9.17) is 0 Å². The number of carbonyl (C=O) groups is 1. The van der Waals surface area contributed by atoms with Crippen molar-refractivity contribution in [3.8, 4) is 0 Å². The molecule has 0 bridgehead atoms. The summed E-state index contributed by atoms with van der Waals surface area (Å²) in [5.74, 6) is -0.557. The van der Waals surface area contributed by atoms with Crippen LogP contribution in [0.15, 0.2) is 95.9 Å². The van der Waals surface area contributed by atoms with Crippen molar-refractivity contribution in [2.24, 2.45) is 5.41 Å². The minimum Gasteiger partial charge on any atom is -0.478 e. The van der Waals surface area contributed by atoms with Crippen LogP contribution < -0.4 is 5.69 Å².